The van der Waals surface area contributed by atoms with Crippen molar-refractivity contribution >= 4 is 17.4 Å². The number of carbonyl (C=O) groups is 1. The number of hydrogen-bond donors (Lipinski definition) is 0. The van der Waals surface area contributed by atoms with E-state index in [1.165, 1.54) is 6.42 Å². The first-order chi connectivity index (χ1) is 13.4. The molecule has 0 spiro atoms. The molecule has 28 heavy (non-hydrogen) atoms. The number of aromatic nitrogens is 4. The van der Waals surface area contributed by atoms with E-state index in [1.54, 1.807) is 0 Å². The lowest BCUT2D eigenvalue weighted by molar-refractivity contribution is -0.133. The number of carbonyl (C=O) groups excluding carboxylic acids is 1. The van der Waals surface area contributed by atoms with Gasteiger partial charge in [0, 0.05) is 44.7 Å². The van der Waals surface area contributed by atoms with Gasteiger partial charge in [-0.3, -0.25) is 9.69 Å². The molecule has 4 heterocycles. The molecule has 0 radical (unpaired) electrons. The maximum absolute atomic E-state index is 12.5. The molecule has 0 aliphatic carbocycles. The van der Waals surface area contributed by atoms with Crippen LogP contribution < -0.4 is 4.90 Å². The van der Waals surface area contributed by atoms with Crippen molar-refractivity contribution < 1.29 is 4.79 Å². The molecular formula is C20H31N7O. The van der Waals surface area contributed by atoms with Gasteiger partial charge in [-0.25, -0.2) is 0 Å². The summed E-state index contributed by atoms with van der Waals surface area (Å²) in [5.74, 6) is 2.10. The summed E-state index contributed by atoms with van der Waals surface area (Å²) in [5.41, 5.74) is 0.665. The van der Waals surface area contributed by atoms with E-state index in [0.717, 1.165) is 69.4 Å². The number of piperazine rings is 1. The summed E-state index contributed by atoms with van der Waals surface area (Å²) in [5, 5.41) is 13.4. The highest BCUT2D eigenvalue weighted by molar-refractivity contribution is 5.78. The van der Waals surface area contributed by atoms with Crippen LogP contribution >= 0.6 is 0 Å². The van der Waals surface area contributed by atoms with Gasteiger partial charge >= 0.3 is 0 Å². The normalized spacial score (nSPS) is 19.4. The van der Waals surface area contributed by atoms with E-state index in [4.69, 9.17) is 5.10 Å². The number of fused-ring (bicyclic) bond motifs is 1. The quantitative estimate of drug-likeness (QED) is 0.799. The van der Waals surface area contributed by atoms with Crippen LogP contribution in [0.4, 0.5) is 5.82 Å². The molecule has 1 amide bonds. The van der Waals surface area contributed by atoms with E-state index < -0.39 is 0 Å². The van der Waals surface area contributed by atoms with Crippen LogP contribution in [-0.2, 0) is 10.2 Å². The molecule has 0 aromatic carbocycles. The van der Waals surface area contributed by atoms with Crippen molar-refractivity contribution in [3.63, 3.8) is 0 Å². The van der Waals surface area contributed by atoms with Crippen LogP contribution in [-0.4, -0.2) is 81.3 Å². The molecule has 0 N–H and O–H groups in total. The summed E-state index contributed by atoms with van der Waals surface area (Å²) >= 11 is 0. The van der Waals surface area contributed by atoms with Gasteiger partial charge in [0.2, 0.25) is 5.91 Å². The molecule has 0 atom stereocenters. The van der Waals surface area contributed by atoms with Gasteiger partial charge in [-0.2, -0.15) is 4.52 Å². The molecule has 4 rings (SSSR count). The molecule has 0 saturated carbocycles. The van der Waals surface area contributed by atoms with Crippen molar-refractivity contribution in [2.24, 2.45) is 0 Å². The predicted molar refractivity (Wildman–Crippen MR) is 109 cm³/mol. The molecular weight excluding hydrogens is 354 g/mol. The van der Waals surface area contributed by atoms with Crippen LogP contribution in [0.2, 0.25) is 0 Å². The third-order valence-electron chi connectivity index (χ3n) is 5.68. The highest BCUT2D eigenvalue weighted by Crippen LogP contribution is 2.22. The molecule has 0 bridgehead atoms. The van der Waals surface area contributed by atoms with Crippen LogP contribution in [0.1, 0.15) is 45.9 Å². The largest absolute Gasteiger partial charge is 0.353 e. The van der Waals surface area contributed by atoms with Crippen molar-refractivity contribution in [1.82, 2.24) is 29.6 Å². The van der Waals surface area contributed by atoms with Crippen LogP contribution in [0.3, 0.4) is 0 Å². The third-order valence-corrected chi connectivity index (χ3v) is 5.68. The van der Waals surface area contributed by atoms with Crippen molar-refractivity contribution in [2.75, 3.05) is 50.7 Å². The fourth-order valence-corrected chi connectivity index (χ4v) is 3.99. The molecule has 2 aliphatic heterocycles. The first-order valence-electron chi connectivity index (χ1n) is 10.4. The Bertz CT molecular complexity index is 827. The molecule has 2 aliphatic rings. The van der Waals surface area contributed by atoms with Gasteiger partial charge in [0.15, 0.2) is 11.5 Å². The standard InChI is InChI=1S/C20H31N7O/c1-20(2,3)19-22-21-16-7-8-17(23-27(16)19)25-13-11-24(12-14-25)15-18(28)26-9-5-4-6-10-26/h7-8H,4-6,9-15H2,1-3H3. The van der Waals surface area contributed by atoms with E-state index in [-0.39, 0.29) is 11.3 Å². The Hall–Kier alpha value is -2.22. The fourth-order valence-electron chi connectivity index (χ4n) is 3.99. The third kappa shape index (κ3) is 3.97. The number of amides is 1. The van der Waals surface area contributed by atoms with Gasteiger partial charge < -0.3 is 9.80 Å². The van der Waals surface area contributed by atoms with Gasteiger partial charge in [0.05, 0.1) is 6.54 Å². The number of rotatable bonds is 3. The lowest BCUT2D eigenvalue weighted by Crippen LogP contribution is -2.51. The summed E-state index contributed by atoms with van der Waals surface area (Å²) in [7, 11) is 0. The predicted octanol–water partition coefficient (Wildman–Crippen LogP) is 1.56. The van der Waals surface area contributed by atoms with Crippen molar-refractivity contribution in [3.05, 3.63) is 18.0 Å². The van der Waals surface area contributed by atoms with E-state index in [1.807, 2.05) is 21.5 Å². The van der Waals surface area contributed by atoms with Gasteiger partial charge in [0.25, 0.3) is 0 Å². The Balaban J connectivity index is 1.39. The van der Waals surface area contributed by atoms with Crippen LogP contribution in [0.5, 0.6) is 0 Å². The minimum absolute atomic E-state index is 0.113. The van der Waals surface area contributed by atoms with E-state index in [0.29, 0.717) is 6.54 Å². The summed E-state index contributed by atoms with van der Waals surface area (Å²) in [6.07, 6.45) is 3.55. The molecule has 2 saturated heterocycles. The van der Waals surface area contributed by atoms with Crippen molar-refractivity contribution in [3.8, 4) is 0 Å². The van der Waals surface area contributed by atoms with Crippen LogP contribution in [0.15, 0.2) is 12.1 Å². The van der Waals surface area contributed by atoms with E-state index >= 15 is 0 Å². The van der Waals surface area contributed by atoms with E-state index in [2.05, 4.69) is 40.8 Å². The maximum atomic E-state index is 12.5. The number of anilines is 1. The second-order valence-electron chi connectivity index (χ2n) is 8.94. The lowest BCUT2D eigenvalue weighted by Gasteiger charge is -2.36. The number of nitrogens with zero attached hydrogens (tertiary/aromatic N) is 7. The topological polar surface area (TPSA) is 69.9 Å². The molecule has 2 fully saturated rings. The Morgan fingerprint density at radius 3 is 2.36 bits per heavy atom. The number of likely N-dealkylation sites (tertiary alicyclic amines) is 1. The minimum Gasteiger partial charge on any atom is -0.353 e. The SMILES string of the molecule is CC(C)(C)c1nnc2ccc(N3CCN(CC(=O)N4CCCCC4)CC3)nn12. The Labute approximate surface area is 166 Å². The summed E-state index contributed by atoms with van der Waals surface area (Å²) < 4.78 is 1.86. The van der Waals surface area contributed by atoms with Gasteiger partial charge in [0.1, 0.15) is 5.82 Å². The number of hydrogen-bond acceptors (Lipinski definition) is 6. The Morgan fingerprint density at radius 1 is 0.964 bits per heavy atom. The van der Waals surface area contributed by atoms with Gasteiger partial charge in [-0.1, -0.05) is 20.8 Å². The van der Waals surface area contributed by atoms with Crippen molar-refractivity contribution in [2.45, 2.75) is 45.4 Å². The second kappa shape index (κ2) is 7.66. The monoisotopic (exact) mass is 385 g/mol. The minimum atomic E-state index is -0.113. The molecule has 0 unspecified atom stereocenters. The fraction of sp³-hybridized carbons (Fsp3) is 0.700. The first kappa shape index (κ1) is 19.1. The van der Waals surface area contributed by atoms with Gasteiger partial charge in [-0.05, 0) is 31.4 Å². The molecule has 152 valence electrons. The highest BCUT2D eigenvalue weighted by Gasteiger charge is 2.25. The lowest BCUT2D eigenvalue weighted by atomic mass is 9.96. The Kier molecular flexibility index (Phi) is 5.23. The second-order valence-corrected chi connectivity index (χ2v) is 8.94. The zero-order chi connectivity index (χ0) is 19.7. The smallest absolute Gasteiger partial charge is 0.236 e. The van der Waals surface area contributed by atoms with Crippen molar-refractivity contribution in [1.29, 1.82) is 0 Å². The number of piperidine rings is 1. The van der Waals surface area contributed by atoms with Crippen LogP contribution in [0.25, 0.3) is 5.65 Å². The maximum Gasteiger partial charge on any atom is 0.236 e. The molecule has 2 aromatic rings. The molecule has 8 nitrogen and oxygen atoms in total. The average Bonchev–Trinajstić information content (AvgIpc) is 3.13. The Morgan fingerprint density at radius 2 is 1.68 bits per heavy atom. The molecule has 2 aromatic heterocycles. The summed E-state index contributed by atoms with van der Waals surface area (Å²) in [4.78, 5) is 19.1. The average molecular weight is 386 g/mol. The van der Waals surface area contributed by atoms with Gasteiger partial charge in [-0.15, -0.1) is 15.3 Å². The van der Waals surface area contributed by atoms with Crippen LogP contribution in [0, 0.1) is 0 Å². The summed E-state index contributed by atoms with van der Waals surface area (Å²) in [6, 6.07) is 4.00. The summed E-state index contributed by atoms with van der Waals surface area (Å²) in [6.45, 7) is 12.3. The highest BCUT2D eigenvalue weighted by atomic mass is 16.2. The first-order valence-corrected chi connectivity index (χ1v) is 10.4. The zero-order valence-electron chi connectivity index (χ0n) is 17.3. The molecule has 8 heteroatoms. The van der Waals surface area contributed by atoms with E-state index in [9.17, 15) is 4.79 Å². The zero-order valence-corrected chi connectivity index (χ0v) is 17.3.